The third kappa shape index (κ3) is 3.49. The number of primary amides is 1. The Bertz CT molecular complexity index is 925. The number of hydrogen-bond acceptors (Lipinski definition) is 5. The molecule has 2 aromatic rings. The number of nitrogens with one attached hydrogen (secondary N) is 1. The molecule has 1 saturated heterocycles. The summed E-state index contributed by atoms with van der Waals surface area (Å²) in [5, 5.41) is 3.86. The van der Waals surface area contributed by atoms with Gasteiger partial charge in [-0.1, -0.05) is 36.0 Å². The first-order valence-electron chi connectivity index (χ1n) is 8.89. The SMILES string of the molecule is NC(=O)[C@H]1C[C@H]2CSC(Nc3ccccc3)=N[C@@]2(c2ccc(F)cc2F)CO1. The van der Waals surface area contributed by atoms with Gasteiger partial charge in [0, 0.05) is 29.0 Å². The topological polar surface area (TPSA) is 76.7 Å². The van der Waals surface area contributed by atoms with Crippen molar-refractivity contribution in [2.75, 3.05) is 17.7 Å². The molecule has 8 heteroatoms. The Morgan fingerprint density at radius 3 is 2.75 bits per heavy atom. The van der Waals surface area contributed by atoms with Gasteiger partial charge in [0.1, 0.15) is 23.3 Å². The zero-order valence-electron chi connectivity index (χ0n) is 14.9. The average Bonchev–Trinajstić information content (AvgIpc) is 2.68. The Morgan fingerprint density at radius 2 is 2.04 bits per heavy atom. The van der Waals surface area contributed by atoms with Crippen LogP contribution in [0.3, 0.4) is 0 Å². The number of amidine groups is 1. The summed E-state index contributed by atoms with van der Waals surface area (Å²) >= 11 is 1.49. The Kier molecular flexibility index (Phi) is 5.07. The lowest BCUT2D eigenvalue weighted by molar-refractivity contribution is -0.138. The summed E-state index contributed by atoms with van der Waals surface area (Å²) in [6.45, 7) is -0.00560. The number of ether oxygens (including phenoxy) is 1. The van der Waals surface area contributed by atoms with Crippen LogP contribution >= 0.6 is 11.8 Å². The molecule has 0 unspecified atom stereocenters. The number of fused-ring (bicyclic) bond motifs is 1. The molecule has 146 valence electrons. The summed E-state index contributed by atoms with van der Waals surface area (Å²) in [4.78, 5) is 16.4. The van der Waals surface area contributed by atoms with Gasteiger partial charge >= 0.3 is 0 Å². The van der Waals surface area contributed by atoms with Gasteiger partial charge in [0.25, 0.3) is 0 Å². The molecule has 2 heterocycles. The summed E-state index contributed by atoms with van der Waals surface area (Å²) in [7, 11) is 0. The molecular weight excluding hydrogens is 384 g/mol. The predicted octanol–water partition coefficient (Wildman–Crippen LogP) is 3.27. The first-order valence-corrected chi connectivity index (χ1v) is 9.88. The van der Waals surface area contributed by atoms with E-state index in [-0.39, 0.29) is 18.1 Å². The van der Waals surface area contributed by atoms with E-state index in [4.69, 9.17) is 15.5 Å². The van der Waals surface area contributed by atoms with Gasteiger partial charge in [-0.15, -0.1) is 0 Å². The zero-order valence-corrected chi connectivity index (χ0v) is 15.7. The van der Waals surface area contributed by atoms with Crippen molar-refractivity contribution in [1.82, 2.24) is 0 Å². The van der Waals surface area contributed by atoms with Crippen LogP contribution < -0.4 is 11.1 Å². The van der Waals surface area contributed by atoms with Crippen molar-refractivity contribution in [3.63, 3.8) is 0 Å². The largest absolute Gasteiger partial charge is 0.367 e. The van der Waals surface area contributed by atoms with Gasteiger partial charge in [0.2, 0.25) is 5.91 Å². The number of amides is 1. The number of nitrogens with zero attached hydrogens (tertiary/aromatic N) is 1. The number of benzene rings is 2. The van der Waals surface area contributed by atoms with E-state index in [1.54, 1.807) is 0 Å². The fraction of sp³-hybridized carbons (Fsp3) is 0.300. The minimum absolute atomic E-state index is 0.00560. The summed E-state index contributed by atoms with van der Waals surface area (Å²) in [5.41, 5.74) is 5.47. The number of hydrogen-bond donors (Lipinski definition) is 2. The van der Waals surface area contributed by atoms with Crippen molar-refractivity contribution in [1.29, 1.82) is 0 Å². The Morgan fingerprint density at radius 1 is 1.25 bits per heavy atom. The van der Waals surface area contributed by atoms with Crippen LogP contribution in [0.25, 0.3) is 0 Å². The highest BCUT2D eigenvalue weighted by Crippen LogP contribution is 2.47. The first-order chi connectivity index (χ1) is 13.5. The molecule has 3 atom stereocenters. The summed E-state index contributed by atoms with van der Waals surface area (Å²) in [5.74, 6) is -1.46. The van der Waals surface area contributed by atoms with Crippen molar-refractivity contribution < 1.29 is 18.3 Å². The van der Waals surface area contributed by atoms with Gasteiger partial charge < -0.3 is 15.8 Å². The van der Waals surface area contributed by atoms with Crippen LogP contribution in [0.4, 0.5) is 14.5 Å². The predicted molar refractivity (Wildman–Crippen MR) is 105 cm³/mol. The molecule has 0 saturated carbocycles. The molecule has 2 aliphatic heterocycles. The number of anilines is 1. The van der Waals surface area contributed by atoms with E-state index in [0.29, 0.717) is 17.3 Å². The number of rotatable bonds is 3. The molecule has 5 nitrogen and oxygen atoms in total. The molecule has 1 fully saturated rings. The van der Waals surface area contributed by atoms with Gasteiger partial charge in [-0.2, -0.15) is 0 Å². The number of para-hydroxylation sites is 1. The molecule has 4 rings (SSSR count). The normalized spacial score (nSPS) is 26.9. The van der Waals surface area contributed by atoms with Crippen molar-refractivity contribution in [3.05, 3.63) is 65.7 Å². The molecular formula is C20H19F2N3O2S. The second kappa shape index (κ2) is 7.52. The molecule has 3 N–H and O–H groups in total. The second-order valence-electron chi connectivity index (χ2n) is 6.90. The lowest BCUT2D eigenvalue weighted by Gasteiger charge is -2.46. The summed E-state index contributed by atoms with van der Waals surface area (Å²) < 4.78 is 33.9. The number of nitrogens with two attached hydrogens (primary N) is 1. The van der Waals surface area contributed by atoms with Crippen LogP contribution in [0.5, 0.6) is 0 Å². The maximum Gasteiger partial charge on any atom is 0.246 e. The highest BCUT2D eigenvalue weighted by Gasteiger charge is 2.50. The van der Waals surface area contributed by atoms with E-state index in [0.717, 1.165) is 11.8 Å². The molecule has 28 heavy (non-hydrogen) atoms. The highest BCUT2D eigenvalue weighted by molar-refractivity contribution is 8.14. The monoisotopic (exact) mass is 403 g/mol. The number of carbonyl (C=O) groups excluding carboxylic acids is 1. The van der Waals surface area contributed by atoms with E-state index in [2.05, 4.69) is 5.32 Å². The van der Waals surface area contributed by atoms with Crippen molar-refractivity contribution in [2.24, 2.45) is 16.6 Å². The average molecular weight is 403 g/mol. The van der Waals surface area contributed by atoms with Crippen LogP contribution in [-0.2, 0) is 15.1 Å². The van der Waals surface area contributed by atoms with Crippen molar-refractivity contribution >= 4 is 28.5 Å². The Labute approximate surface area is 165 Å². The molecule has 0 aromatic heterocycles. The molecule has 2 aromatic carbocycles. The molecule has 0 bridgehead atoms. The maximum atomic E-state index is 14.7. The fourth-order valence-electron chi connectivity index (χ4n) is 3.70. The Balaban J connectivity index is 1.75. The minimum atomic E-state index is -1.05. The number of carbonyl (C=O) groups is 1. The van der Waals surface area contributed by atoms with Crippen LogP contribution in [-0.4, -0.2) is 29.5 Å². The van der Waals surface area contributed by atoms with Crippen LogP contribution in [0, 0.1) is 17.6 Å². The number of aliphatic imine (C=N–C) groups is 1. The van der Waals surface area contributed by atoms with E-state index in [1.807, 2.05) is 30.3 Å². The van der Waals surface area contributed by atoms with Gasteiger partial charge in [-0.25, -0.2) is 13.8 Å². The van der Waals surface area contributed by atoms with Crippen molar-refractivity contribution in [2.45, 2.75) is 18.1 Å². The van der Waals surface area contributed by atoms with Gasteiger partial charge in [-0.3, -0.25) is 4.79 Å². The number of halogens is 2. The molecule has 1 amide bonds. The number of thioether (sulfide) groups is 1. The van der Waals surface area contributed by atoms with Crippen LogP contribution in [0.2, 0.25) is 0 Å². The lowest BCUT2D eigenvalue weighted by atomic mass is 9.75. The van der Waals surface area contributed by atoms with Gasteiger partial charge in [0.05, 0.1) is 6.61 Å². The molecule has 2 aliphatic rings. The minimum Gasteiger partial charge on any atom is -0.367 e. The van der Waals surface area contributed by atoms with E-state index in [1.165, 1.54) is 23.9 Å². The second-order valence-corrected chi connectivity index (χ2v) is 7.91. The third-order valence-corrected chi connectivity index (χ3v) is 6.18. The highest BCUT2D eigenvalue weighted by atomic mass is 32.2. The standard InChI is InChI=1S/C20H19F2N3O2S/c21-13-6-7-15(16(22)9-13)20-11-27-17(18(23)26)8-12(20)10-28-19(25-20)24-14-4-2-1-3-5-14/h1-7,9,12,17H,8,10-11H2,(H2,23,26)(H,24,25)/t12-,17+,20-/m0/s1. The smallest absolute Gasteiger partial charge is 0.246 e. The van der Waals surface area contributed by atoms with E-state index >= 15 is 0 Å². The lowest BCUT2D eigenvalue weighted by Crippen LogP contribution is -2.52. The molecule has 0 radical (unpaired) electrons. The van der Waals surface area contributed by atoms with Gasteiger partial charge in [-0.05, 0) is 24.6 Å². The van der Waals surface area contributed by atoms with E-state index in [9.17, 15) is 13.6 Å². The van der Waals surface area contributed by atoms with E-state index < -0.39 is 29.2 Å². The summed E-state index contributed by atoms with van der Waals surface area (Å²) in [6.07, 6.45) is -0.401. The maximum absolute atomic E-state index is 14.7. The van der Waals surface area contributed by atoms with Crippen molar-refractivity contribution in [3.8, 4) is 0 Å². The van der Waals surface area contributed by atoms with Crippen LogP contribution in [0.1, 0.15) is 12.0 Å². The quantitative estimate of drug-likeness (QED) is 0.825. The summed E-state index contributed by atoms with van der Waals surface area (Å²) in [6, 6.07) is 13.0. The first kappa shape index (κ1) is 18.9. The van der Waals surface area contributed by atoms with Crippen LogP contribution in [0.15, 0.2) is 53.5 Å². The van der Waals surface area contributed by atoms with Gasteiger partial charge in [0.15, 0.2) is 5.17 Å². The Hall–Kier alpha value is -2.45. The molecule has 0 spiro atoms. The molecule has 0 aliphatic carbocycles. The fourth-order valence-corrected chi connectivity index (χ4v) is 4.88. The third-order valence-electron chi connectivity index (χ3n) is 5.14. The zero-order chi connectivity index (χ0) is 19.7.